The Morgan fingerprint density at radius 3 is 2.19 bits per heavy atom. The number of carbonyl (C=O) groups is 5. The molecule has 42 heavy (non-hydrogen) atoms. The predicted molar refractivity (Wildman–Crippen MR) is 141 cm³/mol. The average molecular weight is 617 g/mol. The van der Waals surface area contributed by atoms with Crippen LogP contribution in [0.25, 0.3) is 0 Å². The summed E-state index contributed by atoms with van der Waals surface area (Å²) in [6.45, 7) is 10.9. The Bertz CT molecular complexity index is 1190. The summed E-state index contributed by atoms with van der Waals surface area (Å²) in [7, 11) is 0. The van der Waals surface area contributed by atoms with Crippen LogP contribution in [-0.2, 0) is 52.4 Å². The first-order valence-electron chi connectivity index (χ1n) is 13.7. The molecule has 0 aromatic carbocycles. The molecule has 4 fully saturated rings. The fourth-order valence-corrected chi connectivity index (χ4v) is 7.86. The molecular weight excluding hydrogens is 580 g/mol. The van der Waals surface area contributed by atoms with E-state index in [0.717, 1.165) is 20.8 Å². The minimum Gasteiger partial charge on any atom is -0.463 e. The Balaban J connectivity index is 2.09. The van der Waals surface area contributed by atoms with E-state index in [-0.39, 0.29) is 18.4 Å². The minimum absolute atomic E-state index is 0.0341. The molecule has 4 aliphatic rings. The molecule has 1 spiro atoms. The first-order valence-corrected chi connectivity index (χ1v) is 14.1. The number of esters is 5. The first-order chi connectivity index (χ1) is 19.4. The number of hydrogen-bond donors (Lipinski definition) is 2. The molecule has 3 saturated heterocycles. The van der Waals surface area contributed by atoms with Crippen molar-refractivity contribution in [1.29, 1.82) is 0 Å². The summed E-state index contributed by atoms with van der Waals surface area (Å²) < 4.78 is 34.7. The number of alkyl halides is 1. The number of rotatable bonds is 5. The molecule has 0 radical (unpaired) electrons. The van der Waals surface area contributed by atoms with Crippen LogP contribution in [0.5, 0.6) is 0 Å². The summed E-state index contributed by atoms with van der Waals surface area (Å²) in [6.07, 6.45) is -8.87. The van der Waals surface area contributed by atoms with Crippen molar-refractivity contribution in [3.8, 4) is 0 Å². The van der Waals surface area contributed by atoms with Gasteiger partial charge in [0.2, 0.25) is 0 Å². The summed E-state index contributed by atoms with van der Waals surface area (Å²) in [5, 5.41) is 23.6. The Morgan fingerprint density at radius 2 is 1.64 bits per heavy atom. The standard InChI is InChI=1S/C28H37ClO13/c1-11-18(29)23-28(12(2)25(35)41-23)22(34)21-26(7,24(40-16(6)33)20(19(11)42-28)39-15(5)32)17(38-14(4)31)8-9-27(21,36)10-37-13(3)30/h12,17-24,34,36H,1,8-10H2,2-7H3/t12-,17-,18-,19+,20+,21+,22-,23-,24-,26-,27+,28+/m0/s1. The van der Waals surface area contributed by atoms with Gasteiger partial charge in [-0.05, 0) is 25.3 Å². The largest absolute Gasteiger partial charge is 0.463 e. The number of ether oxygens (including phenoxy) is 6. The lowest BCUT2D eigenvalue weighted by molar-refractivity contribution is -0.326. The number of aliphatic hydroxyl groups is 2. The van der Waals surface area contributed by atoms with Crippen LogP contribution >= 0.6 is 11.6 Å². The van der Waals surface area contributed by atoms with E-state index in [2.05, 4.69) is 6.58 Å². The van der Waals surface area contributed by atoms with Gasteiger partial charge in [0.1, 0.15) is 30.0 Å². The highest BCUT2D eigenvalue weighted by Crippen LogP contribution is 2.61. The fourth-order valence-electron chi connectivity index (χ4n) is 7.48. The number of carbonyl (C=O) groups excluding carboxylic acids is 5. The zero-order valence-corrected chi connectivity index (χ0v) is 25.0. The molecule has 13 nitrogen and oxygen atoms in total. The maximum absolute atomic E-state index is 13.1. The van der Waals surface area contributed by atoms with Crippen LogP contribution in [0.15, 0.2) is 12.2 Å². The van der Waals surface area contributed by atoms with Gasteiger partial charge in [-0.3, -0.25) is 24.0 Å². The SMILES string of the molecule is C=C1[C@H]2O[C@]3([C@@H](C)C(=O)O[C@H]3[C@H]1Cl)[C@@H](O)[C@H]1[C@](O)(COC(C)=O)CC[C@H](OC(C)=O)[C@]1(C)[C@@H](OC(C)=O)[C@@H]2OC(C)=O. The normalized spacial score (nSPS) is 44.4. The molecule has 0 aromatic rings. The van der Waals surface area contributed by atoms with Gasteiger partial charge in [0, 0.05) is 33.6 Å². The molecule has 0 unspecified atom stereocenters. The lowest BCUT2D eigenvalue weighted by Gasteiger charge is -2.63. The average Bonchev–Trinajstić information content (AvgIpc) is 3.14. The van der Waals surface area contributed by atoms with E-state index in [1.165, 1.54) is 20.8 Å². The number of halogens is 1. The van der Waals surface area contributed by atoms with E-state index < -0.39 is 107 Å². The summed E-state index contributed by atoms with van der Waals surface area (Å²) >= 11 is 6.81. The van der Waals surface area contributed by atoms with Crippen molar-refractivity contribution in [2.24, 2.45) is 17.3 Å². The molecular formula is C28H37ClO13. The molecule has 2 N–H and O–H groups in total. The number of aliphatic hydroxyl groups excluding tert-OH is 1. The van der Waals surface area contributed by atoms with Crippen LogP contribution in [0.3, 0.4) is 0 Å². The van der Waals surface area contributed by atoms with Crippen molar-refractivity contribution in [1.82, 2.24) is 0 Å². The van der Waals surface area contributed by atoms with Gasteiger partial charge < -0.3 is 38.6 Å². The third kappa shape index (κ3) is 4.87. The van der Waals surface area contributed by atoms with Gasteiger partial charge in [-0.2, -0.15) is 0 Å². The fraction of sp³-hybridized carbons (Fsp3) is 0.750. The summed E-state index contributed by atoms with van der Waals surface area (Å²) in [6, 6.07) is 0. The highest BCUT2D eigenvalue weighted by molar-refractivity contribution is 6.23. The Labute approximate surface area is 247 Å². The molecule has 1 aliphatic carbocycles. The van der Waals surface area contributed by atoms with Gasteiger partial charge in [-0.25, -0.2) is 0 Å². The van der Waals surface area contributed by atoms with Gasteiger partial charge in [-0.15, -0.1) is 11.6 Å². The van der Waals surface area contributed by atoms with Crippen LogP contribution in [0, 0.1) is 17.3 Å². The van der Waals surface area contributed by atoms with Gasteiger partial charge in [-0.1, -0.05) is 13.5 Å². The van der Waals surface area contributed by atoms with Gasteiger partial charge in [0.25, 0.3) is 0 Å². The van der Waals surface area contributed by atoms with E-state index in [1.807, 2.05) is 0 Å². The summed E-state index contributed by atoms with van der Waals surface area (Å²) in [5.74, 6) is -6.51. The molecule has 234 valence electrons. The molecule has 1 saturated carbocycles. The monoisotopic (exact) mass is 616 g/mol. The van der Waals surface area contributed by atoms with Crippen LogP contribution in [0.4, 0.5) is 0 Å². The predicted octanol–water partition coefficient (Wildman–Crippen LogP) is 0.729. The number of hydrogen-bond acceptors (Lipinski definition) is 13. The molecule has 3 heterocycles. The molecule has 4 rings (SSSR count). The van der Waals surface area contributed by atoms with Gasteiger partial charge in [0.05, 0.1) is 22.8 Å². The number of fused-ring (bicyclic) bond motifs is 2. The minimum atomic E-state index is -2.06. The van der Waals surface area contributed by atoms with E-state index in [0.29, 0.717) is 0 Å². The highest BCUT2D eigenvalue weighted by atomic mass is 35.5. The maximum Gasteiger partial charge on any atom is 0.312 e. The van der Waals surface area contributed by atoms with Crippen molar-refractivity contribution in [3.63, 3.8) is 0 Å². The zero-order chi connectivity index (χ0) is 31.5. The molecule has 0 aromatic heterocycles. The Kier molecular flexibility index (Phi) is 8.48. The molecule has 14 heteroatoms. The van der Waals surface area contributed by atoms with Gasteiger partial charge >= 0.3 is 29.8 Å². The second-order valence-electron chi connectivity index (χ2n) is 11.9. The Morgan fingerprint density at radius 1 is 1.05 bits per heavy atom. The highest BCUT2D eigenvalue weighted by Gasteiger charge is 2.77. The third-order valence-electron chi connectivity index (χ3n) is 9.23. The second-order valence-corrected chi connectivity index (χ2v) is 12.3. The van der Waals surface area contributed by atoms with E-state index in [4.69, 9.17) is 40.0 Å². The maximum atomic E-state index is 13.1. The van der Waals surface area contributed by atoms with E-state index in [9.17, 15) is 34.2 Å². The zero-order valence-electron chi connectivity index (χ0n) is 24.3. The summed E-state index contributed by atoms with van der Waals surface area (Å²) in [5.41, 5.74) is -5.66. The van der Waals surface area contributed by atoms with Crippen molar-refractivity contribution in [2.45, 2.75) is 108 Å². The third-order valence-corrected chi connectivity index (χ3v) is 9.74. The quantitative estimate of drug-likeness (QED) is 0.191. The van der Waals surface area contributed by atoms with Gasteiger partial charge in [0.15, 0.2) is 18.3 Å². The van der Waals surface area contributed by atoms with Crippen LogP contribution < -0.4 is 0 Å². The molecule has 12 atom stereocenters. The van der Waals surface area contributed by atoms with E-state index in [1.54, 1.807) is 0 Å². The van der Waals surface area contributed by atoms with Crippen molar-refractivity contribution < 1.29 is 62.6 Å². The Hall–Kier alpha value is -2.74. The second kappa shape index (κ2) is 11.1. The van der Waals surface area contributed by atoms with Crippen LogP contribution in [-0.4, -0.2) is 99.9 Å². The molecule has 0 amide bonds. The summed E-state index contributed by atoms with van der Waals surface area (Å²) in [4.78, 5) is 62.5. The first kappa shape index (κ1) is 32.2. The van der Waals surface area contributed by atoms with Crippen molar-refractivity contribution >= 4 is 41.4 Å². The molecule has 2 bridgehead atoms. The molecule has 3 aliphatic heterocycles. The topological polar surface area (TPSA) is 181 Å². The van der Waals surface area contributed by atoms with E-state index >= 15 is 0 Å². The van der Waals surface area contributed by atoms with Crippen LogP contribution in [0.1, 0.15) is 54.4 Å². The van der Waals surface area contributed by atoms with Crippen molar-refractivity contribution in [3.05, 3.63) is 12.2 Å². The lowest BCUT2D eigenvalue weighted by Crippen LogP contribution is -2.78. The van der Waals surface area contributed by atoms with Crippen molar-refractivity contribution in [2.75, 3.05) is 6.61 Å². The smallest absolute Gasteiger partial charge is 0.312 e. The van der Waals surface area contributed by atoms with Crippen LogP contribution in [0.2, 0.25) is 0 Å². The lowest BCUT2D eigenvalue weighted by atomic mass is 9.50.